The first-order valence-electron chi connectivity index (χ1n) is 7.65. The molecule has 0 saturated heterocycles. The highest BCUT2D eigenvalue weighted by atomic mass is 32.1. The highest BCUT2D eigenvalue weighted by molar-refractivity contribution is 7.81. The molecule has 0 fully saturated rings. The number of rotatable bonds is 10. The van der Waals surface area contributed by atoms with Gasteiger partial charge in [0.15, 0.2) is 0 Å². The van der Waals surface area contributed by atoms with Crippen molar-refractivity contribution in [3.63, 3.8) is 0 Å². The van der Waals surface area contributed by atoms with Gasteiger partial charge in [0.25, 0.3) is 0 Å². The van der Waals surface area contributed by atoms with Crippen LogP contribution in [0.3, 0.4) is 0 Å². The molecule has 0 amide bonds. The maximum absolute atomic E-state index is 10.7. The Morgan fingerprint density at radius 2 is 2.04 bits per heavy atom. The van der Waals surface area contributed by atoms with Crippen LogP contribution in [-0.2, 0) is 17.8 Å². The molecule has 4 nitrogen and oxygen atoms in total. The number of thiol groups is 1. The summed E-state index contributed by atoms with van der Waals surface area (Å²) in [5.74, 6) is 0.0164. The van der Waals surface area contributed by atoms with Crippen LogP contribution in [0.25, 0.3) is 0 Å². The van der Waals surface area contributed by atoms with Crippen LogP contribution in [0, 0.1) is 0 Å². The van der Waals surface area contributed by atoms with Crippen LogP contribution in [0.15, 0.2) is 35.2 Å². The number of aryl methyl sites for hydroxylation is 1. The Morgan fingerprint density at radius 3 is 2.70 bits per heavy atom. The lowest BCUT2D eigenvalue weighted by Crippen LogP contribution is -2.12. The fraction of sp³-hybridized carbons (Fsp3) is 0.412. The van der Waals surface area contributed by atoms with E-state index < -0.39 is 11.2 Å². The summed E-state index contributed by atoms with van der Waals surface area (Å²) in [6.07, 6.45) is 4.60. The molecule has 0 aliphatic heterocycles. The molecule has 1 unspecified atom stereocenters. The molecule has 6 heteroatoms. The fourth-order valence-electron chi connectivity index (χ4n) is 2.19. The zero-order chi connectivity index (χ0) is 16.5. The number of thiazole rings is 1. The number of hydrogen-bond acceptors (Lipinski definition) is 5. The van der Waals surface area contributed by atoms with Gasteiger partial charge >= 0.3 is 5.97 Å². The van der Waals surface area contributed by atoms with Gasteiger partial charge in [0.05, 0.1) is 16.5 Å². The Balaban J connectivity index is 1.63. The van der Waals surface area contributed by atoms with Gasteiger partial charge < -0.3 is 9.84 Å². The Morgan fingerprint density at radius 1 is 1.26 bits per heavy atom. The summed E-state index contributed by atoms with van der Waals surface area (Å²) in [4.78, 5) is 14.8. The van der Waals surface area contributed by atoms with E-state index in [2.05, 4.69) is 29.7 Å². The van der Waals surface area contributed by atoms with Crippen molar-refractivity contribution in [2.45, 2.75) is 44.0 Å². The second-order valence-corrected chi connectivity index (χ2v) is 6.71. The van der Waals surface area contributed by atoms with Gasteiger partial charge in [-0.2, -0.15) is 12.6 Å². The van der Waals surface area contributed by atoms with E-state index in [4.69, 9.17) is 9.84 Å². The average Bonchev–Trinajstić information content (AvgIpc) is 3.07. The first-order chi connectivity index (χ1) is 11.1. The lowest BCUT2D eigenvalue weighted by molar-refractivity contribution is -0.136. The predicted molar refractivity (Wildman–Crippen MR) is 95.5 cm³/mol. The van der Waals surface area contributed by atoms with Gasteiger partial charge in [-0.1, -0.05) is 25.0 Å². The molecule has 0 radical (unpaired) electrons. The molecule has 2 rings (SSSR count). The number of hydrogen-bond donors (Lipinski definition) is 2. The molecule has 23 heavy (non-hydrogen) atoms. The van der Waals surface area contributed by atoms with Crippen LogP contribution >= 0.6 is 24.0 Å². The molecule has 124 valence electrons. The van der Waals surface area contributed by atoms with Gasteiger partial charge in [-0.25, -0.2) is 4.98 Å². The standard InChI is InChI=1S/C17H21NO3S2/c19-17(20)16(22)5-3-1-2-4-13-6-8-15(9-7-13)21-10-14-11-23-12-18-14/h6-9,11-12,16,22H,1-5,10H2,(H,19,20). The number of carboxylic acid groups (broad SMARTS) is 1. The first-order valence-corrected chi connectivity index (χ1v) is 9.11. The van der Waals surface area contributed by atoms with Crippen molar-refractivity contribution in [3.8, 4) is 5.75 Å². The summed E-state index contributed by atoms with van der Waals surface area (Å²) in [7, 11) is 0. The molecule has 1 aromatic carbocycles. The van der Waals surface area contributed by atoms with Crippen LogP contribution in [-0.4, -0.2) is 21.3 Å². The number of carbonyl (C=O) groups is 1. The van der Waals surface area contributed by atoms with E-state index in [1.165, 1.54) is 5.56 Å². The third-order valence-corrected chi connectivity index (χ3v) is 4.64. The molecule has 0 bridgehead atoms. The van der Waals surface area contributed by atoms with Crippen molar-refractivity contribution in [2.75, 3.05) is 0 Å². The van der Waals surface area contributed by atoms with Crippen molar-refractivity contribution in [2.24, 2.45) is 0 Å². The first kappa shape index (κ1) is 17.8. The Labute approximate surface area is 145 Å². The van der Waals surface area contributed by atoms with Crippen molar-refractivity contribution >= 4 is 29.9 Å². The van der Waals surface area contributed by atoms with Crippen molar-refractivity contribution < 1.29 is 14.6 Å². The summed E-state index contributed by atoms with van der Waals surface area (Å²) in [5, 5.41) is 10.2. The molecular formula is C17H21NO3S2. The summed E-state index contributed by atoms with van der Waals surface area (Å²) in [5.41, 5.74) is 4.02. The molecule has 1 aromatic heterocycles. The van der Waals surface area contributed by atoms with Crippen molar-refractivity contribution in [3.05, 3.63) is 46.4 Å². The fourth-order valence-corrected chi connectivity index (χ4v) is 2.91. The normalized spacial score (nSPS) is 12.0. The maximum Gasteiger partial charge on any atom is 0.316 e. The zero-order valence-electron chi connectivity index (χ0n) is 12.9. The van der Waals surface area contributed by atoms with Gasteiger partial charge in [-0.3, -0.25) is 4.79 Å². The van der Waals surface area contributed by atoms with Gasteiger partial charge in [-0.05, 0) is 37.0 Å². The summed E-state index contributed by atoms with van der Waals surface area (Å²) >= 11 is 5.60. The summed E-state index contributed by atoms with van der Waals surface area (Å²) < 4.78 is 5.68. The SMILES string of the molecule is O=C(O)C(S)CCCCCc1ccc(OCc2cscn2)cc1. The molecular weight excluding hydrogens is 330 g/mol. The van der Waals surface area contributed by atoms with E-state index in [9.17, 15) is 4.79 Å². The van der Waals surface area contributed by atoms with E-state index in [0.29, 0.717) is 13.0 Å². The molecule has 1 N–H and O–H groups in total. The minimum atomic E-state index is -0.832. The van der Waals surface area contributed by atoms with E-state index in [0.717, 1.165) is 37.1 Å². The summed E-state index contributed by atoms with van der Waals surface area (Å²) in [6.45, 7) is 0.497. The van der Waals surface area contributed by atoms with Gasteiger partial charge in [0.2, 0.25) is 0 Å². The monoisotopic (exact) mass is 351 g/mol. The van der Waals surface area contributed by atoms with Gasteiger partial charge in [0, 0.05) is 5.38 Å². The molecule has 0 aliphatic rings. The van der Waals surface area contributed by atoms with E-state index in [1.54, 1.807) is 16.8 Å². The van der Waals surface area contributed by atoms with Crippen LogP contribution < -0.4 is 4.74 Å². The maximum atomic E-state index is 10.7. The van der Waals surface area contributed by atoms with E-state index in [1.807, 2.05) is 17.5 Å². The highest BCUT2D eigenvalue weighted by Crippen LogP contribution is 2.17. The number of aromatic nitrogens is 1. The molecule has 0 spiro atoms. The number of aliphatic carboxylic acids is 1. The Kier molecular flexibility index (Phi) is 7.42. The zero-order valence-corrected chi connectivity index (χ0v) is 14.6. The molecule has 0 aliphatic carbocycles. The summed E-state index contributed by atoms with van der Waals surface area (Å²) in [6, 6.07) is 8.12. The Bertz CT molecular complexity index is 584. The lowest BCUT2D eigenvalue weighted by Gasteiger charge is -2.07. The molecule has 0 saturated carbocycles. The molecule has 1 atom stereocenters. The number of nitrogens with zero attached hydrogens (tertiary/aromatic N) is 1. The second kappa shape index (κ2) is 9.57. The van der Waals surface area contributed by atoms with Crippen molar-refractivity contribution in [1.29, 1.82) is 0 Å². The smallest absolute Gasteiger partial charge is 0.316 e. The van der Waals surface area contributed by atoms with Gasteiger partial charge in [0.1, 0.15) is 12.4 Å². The van der Waals surface area contributed by atoms with Crippen LogP contribution in [0.4, 0.5) is 0 Å². The largest absolute Gasteiger partial charge is 0.487 e. The average molecular weight is 351 g/mol. The van der Waals surface area contributed by atoms with Gasteiger partial charge in [-0.15, -0.1) is 11.3 Å². The topological polar surface area (TPSA) is 59.4 Å². The quantitative estimate of drug-likeness (QED) is 0.497. The van der Waals surface area contributed by atoms with Crippen LogP contribution in [0.2, 0.25) is 0 Å². The third kappa shape index (κ3) is 6.62. The van der Waals surface area contributed by atoms with E-state index in [-0.39, 0.29) is 0 Å². The lowest BCUT2D eigenvalue weighted by atomic mass is 10.1. The minimum absolute atomic E-state index is 0.497. The van der Waals surface area contributed by atoms with E-state index >= 15 is 0 Å². The number of ether oxygens (including phenoxy) is 1. The minimum Gasteiger partial charge on any atom is -0.487 e. The number of benzene rings is 1. The van der Waals surface area contributed by atoms with Crippen LogP contribution in [0.5, 0.6) is 5.75 Å². The van der Waals surface area contributed by atoms with Crippen molar-refractivity contribution in [1.82, 2.24) is 4.98 Å². The molecule has 1 heterocycles. The third-order valence-electron chi connectivity index (χ3n) is 3.52. The molecule has 2 aromatic rings. The van der Waals surface area contributed by atoms with Crippen LogP contribution in [0.1, 0.15) is 36.9 Å². The number of unbranched alkanes of at least 4 members (excludes halogenated alkanes) is 2. The predicted octanol–water partition coefficient (Wildman–Crippen LogP) is 4.21. The second-order valence-electron chi connectivity index (χ2n) is 5.37. The Hall–Kier alpha value is -1.53. The highest BCUT2D eigenvalue weighted by Gasteiger charge is 2.10. The number of carboxylic acids is 1.